The fourth-order valence-corrected chi connectivity index (χ4v) is 3.02. The third kappa shape index (κ3) is 1.70. The van der Waals surface area contributed by atoms with Crippen molar-refractivity contribution in [3.05, 3.63) is 12.5 Å². The molecule has 3 aliphatic rings. The lowest BCUT2D eigenvalue weighted by Crippen LogP contribution is -2.68. The van der Waals surface area contributed by atoms with Gasteiger partial charge < -0.3 is 20.1 Å². The predicted molar refractivity (Wildman–Crippen MR) is 60.9 cm³/mol. The van der Waals surface area contributed by atoms with Crippen LogP contribution in [0, 0.1) is 0 Å². The van der Waals surface area contributed by atoms with Gasteiger partial charge >= 0.3 is 0 Å². The topological polar surface area (TPSA) is 42.5 Å². The highest BCUT2D eigenvalue weighted by Gasteiger charge is 2.43. The standard InChI is InChI=1S/C12H20N2O2/c1-7-8(2)14-10-6-12-11(5-9(10)13-7)15-3-4-16-12/h3-4,7-14H,5-6H2,1-2H3. The highest BCUT2D eigenvalue weighted by Crippen LogP contribution is 2.29. The van der Waals surface area contributed by atoms with Gasteiger partial charge in [0, 0.05) is 37.0 Å². The monoisotopic (exact) mass is 224 g/mol. The van der Waals surface area contributed by atoms with Crippen LogP contribution in [0.1, 0.15) is 26.7 Å². The van der Waals surface area contributed by atoms with Crippen molar-refractivity contribution in [3.8, 4) is 0 Å². The number of piperazine rings is 1. The normalized spacial score (nSPS) is 50.9. The molecule has 1 saturated heterocycles. The number of hydrogen-bond acceptors (Lipinski definition) is 4. The van der Waals surface area contributed by atoms with Crippen molar-refractivity contribution in [2.75, 3.05) is 0 Å². The number of hydrogen-bond donors (Lipinski definition) is 2. The van der Waals surface area contributed by atoms with E-state index in [9.17, 15) is 0 Å². The molecule has 2 fully saturated rings. The molecule has 2 heterocycles. The quantitative estimate of drug-likeness (QED) is 0.637. The highest BCUT2D eigenvalue weighted by molar-refractivity contribution is 5.03. The Hall–Kier alpha value is -0.740. The first-order valence-corrected chi connectivity index (χ1v) is 6.22. The minimum absolute atomic E-state index is 0.223. The molecule has 2 aliphatic heterocycles. The van der Waals surface area contributed by atoms with Gasteiger partial charge in [0.05, 0.1) is 0 Å². The Labute approximate surface area is 96.4 Å². The van der Waals surface area contributed by atoms with Gasteiger partial charge in [-0.25, -0.2) is 0 Å². The molecule has 4 heteroatoms. The lowest BCUT2D eigenvalue weighted by molar-refractivity contribution is -0.0761. The molecule has 4 nitrogen and oxygen atoms in total. The second kappa shape index (κ2) is 3.93. The summed E-state index contributed by atoms with van der Waals surface area (Å²) < 4.78 is 11.2. The number of rotatable bonds is 0. The summed E-state index contributed by atoms with van der Waals surface area (Å²) in [5, 5.41) is 7.36. The molecule has 0 bridgehead atoms. The van der Waals surface area contributed by atoms with Crippen molar-refractivity contribution >= 4 is 0 Å². The summed E-state index contributed by atoms with van der Waals surface area (Å²) in [5.41, 5.74) is 0. The molecule has 90 valence electrons. The zero-order valence-corrected chi connectivity index (χ0v) is 9.85. The van der Waals surface area contributed by atoms with Gasteiger partial charge in [-0.15, -0.1) is 0 Å². The Balaban J connectivity index is 1.71. The van der Waals surface area contributed by atoms with Gasteiger partial charge in [-0.3, -0.25) is 0 Å². The molecule has 0 aromatic heterocycles. The molecule has 6 unspecified atom stereocenters. The van der Waals surface area contributed by atoms with Crippen LogP contribution in [-0.4, -0.2) is 36.4 Å². The van der Waals surface area contributed by atoms with Crippen molar-refractivity contribution < 1.29 is 9.47 Å². The summed E-state index contributed by atoms with van der Waals surface area (Å²) in [7, 11) is 0. The van der Waals surface area contributed by atoms with E-state index in [1.54, 1.807) is 12.5 Å². The SMILES string of the molecule is CC1NC2CC3OC=COC3CC2NC1C. The fraction of sp³-hybridized carbons (Fsp3) is 0.833. The summed E-state index contributed by atoms with van der Waals surface area (Å²) in [6, 6.07) is 2.08. The molecule has 0 amide bonds. The average Bonchev–Trinajstić information content (AvgIpc) is 2.28. The fourth-order valence-electron chi connectivity index (χ4n) is 3.02. The van der Waals surface area contributed by atoms with Crippen LogP contribution >= 0.6 is 0 Å². The zero-order chi connectivity index (χ0) is 11.1. The van der Waals surface area contributed by atoms with Gasteiger partial charge in [0.25, 0.3) is 0 Å². The minimum atomic E-state index is 0.223. The highest BCUT2D eigenvalue weighted by atomic mass is 16.6. The third-order valence-electron chi connectivity index (χ3n) is 4.14. The predicted octanol–water partition coefficient (Wildman–Crippen LogP) is 0.742. The van der Waals surface area contributed by atoms with Crippen molar-refractivity contribution in [1.29, 1.82) is 0 Å². The van der Waals surface area contributed by atoms with Gasteiger partial charge in [-0.05, 0) is 13.8 Å². The van der Waals surface area contributed by atoms with Gasteiger partial charge in [-0.1, -0.05) is 0 Å². The van der Waals surface area contributed by atoms with E-state index in [1.807, 2.05) is 0 Å². The Morgan fingerprint density at radius 3 is 1.75 bits per heavy atom. The van der Waals surface area contributed by atoms with E-state index in [4.69, 9.17) is 9.47 Å². The number of ether oxygens (including phenoxy) is 2. The van der Waals surface area contributed by atoms with E-state index in [2.05, 4.69) is 24.5 Å². The van der Waals surface area contributed by atoms with Crippen LogP contribution in [0.25, 0.3) is 0 Å². The molecule has 0 spiro atoms. The molecule has 2 N–H and O–H groups in total. The Kier molecular flexibility index (Phi) is 2.56. The summed E-state index contributed by atoms with van der Waals surface area (Å²) in [5.74, 6) is 0. The summed E-state index contributed by atoms with van der Waals surface area (Å²) in [6.45, 7) is 4.47. The molecule has 0 aromatic carbocycles. The lowest BCUT2D eigenvalue weighted by Gasteiger charge is -2.48. The van der Waals surface area contributed by atoms with Gasteiger partial charge in [0.15, 0.2) is 0 Å². The first kappa shape index (κ1) is 10.4. The van der Waals surface area contributed by atoms with Crippen LogP contribution in [0.5, 0.6) is 0 Å². The molecule has 1 saturated carbocycles. The molecule has 6 atom stereocenters. The largest absolute Gasteiger partial charge is 0.491 e. The lowest BCUT2D eigenvalue weighted by atomic mass is 9.82. The molecular formula is C12H20N2O2. The number of fused-ring (bicyclic) bond motifs is 2. The Morgan fingerprint density at radius 1 is 0.875 bits per heavy atom. The minimum Gasteiger partial charge on any atom is -0.491 e. The van der Waals surface area contributed by atoms with Gasteiger partial charge in [-0.2, -0.15) is 0 Å². The van der Waals surface area contributed by atoms with Crippen LogP contribution in [-0.2, 0) is 9.47 Å². The molecular weight excluding hydrogens is 204 g/mol. The molecule has 16 heavy (non-hydrogen) atoms. The van der Waals surface area contributed by atoms with E-state index < -0.39 is 0 Å². The van der Waals surface area contributed by atoms with Crippen LogP contribution in [0.4, 0.5) is 0 Å². The van der Waals surface area contributed by atoms with Gasteiger partial charge in [0.2, 0.25) is 0 Å². The van der Waals surface area contributed by atoms with E-state index in [1.165, 1.54) is 0 Å². The van der Waals surface area contributed by atoms with Gasteiger partial charge in [0.1, 0.15) is 24.7 Å². The van der Waals surface area contributed by atoms with E-state index >= 15 is 0 Å². The maximum atomic E-state index is 5.62. The molecule has 1 aliphatic carbocycles. The van der Waals surface area contributed by atoms with Crippen molar-refractivity contribution in [1.82, 2.24) is 10.6 Å². The maximum absolute atomic E-state index is 5.62. The van der Waals surface area contributed by atoms with Crippen molar-refractivity contribution in [2.45, 2.75) is 63.1 Å². The van der Waals surface area contributed by atoms with E-state index in [0.717, 1.165) is 12.8 Å². The second-order valence-corrected chi connectivity index (χ2v) is 5.22. The Bertz CT molecular complexity index is 267. The number of nitrogens with one attached hydrogen (secondary N) is 2. The maximum Gasteiger partial charge on any atom is 0.136 e. The zero-order valence-electron chi connectivity index (χ0n) is 9.85. The smallest absolute Gasteiger partial charge is 0.136 e. The van der Waals surface area contributed by atoms with E-state index in [0.29, 0.717) is 24.2 Å². The second-order valence-electron chi connectivity index (χ2n) is 5.22. The van der Waals surface area contributed by atoms with Crippen molar-refractivity contribution in [3.63, 3.8) is 0 Å². The molecule has 3 rings (SSSR count). The van der Waals surface area contributed by atoms with Crippen LogP contribution in [0.3, 0.4) is 0 Å². The average molecular weight is 224 g/mol. The van der Waals surface area contributed by atoms with E-state index in [-0.39, 0.29) is 12.2 Å². The summed E-state index contributed by atoms with van der Waals surface area (Å²) in [6.07, 6.45) is 5.85. The van der Waals surface area contributed by atoms with Crippen LogP contribution < -0.4 is 10.6 Å². The first-order valence-electron chi connectivity index (χ1n) is 6.22. The third-order valence-corrected chi connectivity index (χ3v) is 4.14. The summed E-state index contributed by atoms with van der Waals surface area (Å²) in [4.78, 5) is 0. The summed E-state index contributed by atoms with van der Waals surface area (Å²) >= 11 is 0. The molecule has 0 radical (unpaired) electrons. The molecule has 0 aromatic rings. The van der Waals surface area contributed by atoms with Crippen molar-refractivity contribution in [2.24, 2.45) is 0 Å². The van der Waals surface area contributed by atoms with Crippen LogP contribution in [0.15, 0.2) is 12.5 Å². The first-order chi connectivity index (χ1) is 7.74. The van der Waals surface area contributed by atoms with Crippen LogP contribution in [0.2, 0.25) is 0 Å². The Morgan fingerprint density at radius 2 is 1.31 bits per heavy atom.